The third-order valence-corrected chi connectivity index (χ3v) is 2.58. The molecule has 0 heterocycles. The van der Waals surface area contributed by atoms with E-state index in [2.05, 4.69) is 0 Å². The lowest BCUT2D eigenvalue weighted by Gasteiger charge is -2.31. The Bertz CT molecular complexity index is 407. The van der Waals surface area contributed by atoms with Crippen LogP contribution in [0.25, 0.3) is 0 Å². The quantitative estimate of drug-likeness (QED) is 0.433. The second-order valence-corrected chi connectivity index (χ2v) is 5.04. The van der Waals surface area contributed by atoms with Crippen molar-refractivity contribution in [2.24, 2.45) is 0 Å². The molecule has 15 heteroatoms. The summed E-state index contributed by atoms with van der Waals surface area (Å²) < 4.78 is 176. The molecule has 0 fully saturated rings. The van der Waals surface area contributed by atoms with Gasteiger partial charge in [-0.1, -0.05) is 6.92 Å². The molecular formula is C11H11F15. The normalized spacial score (nSPS) is 16.0. The maximum atomic E-state index is 12.6. The number of alkyl halides is 15. The Morgan fingerprint density at radius 2 is 0.923 bits per heavy atom. The van der Waals surface area contributed by atoms with Crippen molar-refractivity contribution in [2.75, 3.05) is 0 Å². The summed E-state index contributed by atoms with van der Waals surface area (Å²) in [6.07, 6.45) is -25.6. The van der Waals surface area contributed by atoms with Gasteiger partial charge >= 0.3 is 30.1 Å². The zero-order valence-electron chi connectivity index (χ0n) is 12.7. The zero-order valence-corrected chi connectivity index (χ0v) is 12.7. The highest BCUT2D eigenvalue weighted by atomic mass is 19.4. The van der Waals surface area contributed by atoms with Crippen molar-refractivity contribution in [3.05, 3.63) is 0 Å². The fourth-order valence-corrected chi connectivity index (χ4v) is 1.22. The second-order valence-electron chi connectivity index (χ2n) is 5.04. The summed E-state index contributed by atoms with van der Waals surface area (Å²) in [5.41, 5.74) is -5.89. The Kier molecular flexibility index (Phi) is 8.26. The molecule has 0 aromatic heterocycles. The summed E-state index contributed by atoms with van der Waals surface area (Å²) in [6.45, 7) is 0.698. The smallest absolute Gasteiger partial charge is 0.240 e. The minimum atomic E-state index is -6.43. The Morgan fingerprint density at radius 1 is 0.615 bits per heavy atom. The van der Waals surface area contributed by atoms with Crippen LogP contribution in [0.5, 0.6) is 0 Å². The van der Waals surface area contributed by atoms with Gasteiger partial charge in [-0.15, -0.1) is 0 Å². The Balaban J connectivity index is 0. The van der Waals surface area contributed by atoms with Crippen molar-refractivity contribution in [3.8, 4) is 0 Å². The first-order chi connectivity index (χ1) is 10.9. The van der Waals surface area contributed by atoms with E-state index in [9.17, 15) is 65.9 Å². The van der Waals surface area contributed by atoms with Gasteiger partial charge in [0.15, 0.2) is 6.17 Å². The lowest BCUT2D eigenvalue weighted by Crippen LogP contribution is -2.55. The molecule has 1 unspecified atom stereocenters. The molecule has 0 bridgehead atoms. The molecule has 0 aliphatic carbocycles. The van der Waals surface area contributed by atoms with E-state index in [1.54, 1.807) is 0 Å². The molecule has 1 atom stereocenters. The molecule has 26 heavy (non-hydrogen) atoms. The van der Waals surface area contributed by atoms with E-state index in [0.29, 0.717) is 0 Å². The number of hydrogen-bond acceptors (Lipinski definition) is 0. The van der Waals surface area contributed by atoms with Crippen LogP contribution in [-0.2, 0) is 0 Å². The van der Waals surface area contributed by atoms with Crippen LogP contribution >= 0.6 is 0 Å². The monoisotopic (exact) mass is 428 g/mol. The summed E-state index contributed by atoms with van der Waals surface area (Å²) in [6, 6.07) is 0. The second kappa shape index (κ2) is 7.90. The molecule has 0 nitrogen and oxygen atoms in total. The minimum Gasteiger partial charge on any atom is -0.240 e. The van der Waals surface area contributed by atoms with Crippen molar-refractivity contribution in [2.45, 2.75) is 68.9 Å². The Morgan fingerprint density at radius 3 is 1.00 bits per heavy atom. The molecule has 0 aromatic carbocycles. The van der Waals surface area contributed by atoms with E-state index in [1.807, 2.05) is 0 Å². The van der Waals surface area contributed by atoms with E-state index in [1.165, 1.54) is 0 Å². The lowest BCUT2D eigenvalue weighted by atomic mass is 9.97. The maximum absolute atomic E-state index is 12.6. The molecule has 0 aliphatic rings. The first-order valence-corrected chi connectivity index (χ1v) is 6.23. The van der Waals surface area contributed by atoms with Crippen LogP contribution < -0.4 is 0 Å². The topological polar surface area (TPSA) is 0 Å². The number of hydrogen-bond donors (Lipinski definition) is 0. The van der Waals surface area contributed by atoms with Crippen molar-refractivity contribution in [1.29, 1.82) is 0 Å². The van der Waals surface area contributed by atoms with Crippen LogP contribution in [0.15, 0.2) is 0 Å². The van der Waals surface area contributed by atoms with Crippen LogP contribution in [0.1, 0.15) is 26.7 Å². The third-order valence-electron chi connectivity index (χ3n) is 2.58. The first kappa shape index (κ1) is 27.2. The van der Waals surface area contributed by atoms with E-state index in [-0.39, 0.29) is 6.92 Å². The molecular weight excluding hydrogens is 417 g/mol. The summed E-state index contributed by atoms with van der Waals surface area (Å²) in [4.78, 5) is 0. The van der Waals surface area contributed by atoms with Gasteiger partial charge < -0.3 is 0 Å². The summed E-state index contributed by atoms with van der Waals surface area (Å²) >= 11 is 0. The van der Waals surface area contributed by atoms with Crippen LogP contribution in [-0.4, -0.2) is 42.2 Å². The SMILES string of the molecule is CC(F)(F)CC(F)(C(F)(F)F)C(F)(F)F.CCC(F)C(F)(F)C(F)(F)F. The lowest BCUT2D eigenvalue weighted by molar-refractivity contribution is -0.353. The minimum absolute atomic E-state index is 0.223. The van der Waals surface area contributed by atoms with Crippen molar-refractivity contribution >= 4 is 0 Å². The molecule has 0 saturated carbocycles. The average molecular weight is 428 g/mol. The fraction of sp³-hybridized carbons (Fsp3) is 1.00. The fourth-order valence-electron chi connectivity index (χ4n) is 1.22. The largest absolute Gasteiger partial charge is 0.456 e. The highest BCUT2D eigenvalue weighted by Crippen LogP contribution is 2.51. The van der Waals surface area contributed by atoms with Crippen molar-refractivity contribution in [1.82, 2.24) is 0 Å². The van der Waals surface area contributed by atoms with Gasteiger partial charge in [0.25, 0.3) is 0 Å². The summed E-state index contributed by atoms with van der Waals surface area (Å²) in [5.74, 6) is -9.64. The highest BCUT2D eigenvalue weighted by Gasteiger charge is 2.74. The van der Waals surface area contributed by atoms with Gasteiger partial charge in [-0.2, -0.15) is 48.3 Å². The average Bonchev–Trinajstić information content (AvgIpc) is 2.32. The molecule has 0 N–H and O–H groups in total. The van der Waals surface area contributed by atoms with Gasteiger partial charge in [0.1, 0.15) is 0 Å². The van der Waals surface area contributed by atoms with Crippen molar-refractivity contribution in [3.63, 3.8) is 0 Å². The molecule has 0 amide bonds. The van der Waals surface area contributed by atoms with E-state index in [0.717, 1.165) is 6.92 Å². The molecule has 0 spiro atoms. The van der Waals surface area contributed by atoms with Gasteiger partial charge in [-0.3, -0.25) is 0 Å². The van der Waals surface area contributed by atoms with Crippen LogP contribution in [0, 0.1) is 0 Å². The van der Waals surface area contributed by atoms with Gasteiger partial charge in [-0.05, 0) is 13.3 Å². The third kappa shape index (κ3) is 6.93. The maximum Gasteiger partial charge on any atom is 0.456 e. The summed E-state index contributed by atoms with van der Waals surface area (Å²) in [5, 5.41) is 0. The van der Waals surface area contributed by atoms with Crippen LogP contribution in [0.2, 0.25) is 0 Å². The van der Waals surface area contributed by atoms with Gasteiger partial charge in [-0.25, -0.2) is 17.6 Å². The first-order valence-electron chi connectivity index (χ1n) is 6.23. The predicted molar refractivity (Wildman–Crippen MR) is 57.4 cm³/mol. The zero-order chi connectivity index (χ0) is 22.0. The molecule has 160 valence electrons. The van der Waals surface area contributed by atoms with Crippen LogP contribution in [0.3, 0.4) is 0 Å². The van der Waals surface area contributed by atoms with Gasteiger partial charge in [0.2, 0.25) is 5.92 Å². The predicted octanol–water partition coefficient (Wildman–Crippen LogP) is 6.80. The van der Waals surface area contributed by atoms with Crippen molar-refractivity contribution < 1.29 is 65.9 Å². The Hall–Kier alpha value is -1.05. The molecule has 0 rings (SSSR count). The van der Waals surface area contributed by atoms with E-state index in [4.69, 9.17) is 0 Å². The molecule has 0 saturated heterocycles. The molecule has 0 aliphatic heterocycles. The molecule has 0 aromatic rings. The van der Waals surface area contributed by atoms with Gasteiger partial charge in [0.05, 0.1) is 6.42 Å². The van der Waals surface area contributed by atoms with E-state index >= 15 is 0 Å². The number of halogens is 15. The van der Waals surface area contributed by atoms with Gasteiger partial charge in [0, 0.05) is 0 Å². The standard InChI is InChI=1S/C6H5F9.C5H6F6/c1-3(7,8)2-4(9,5(10,11)12)6(13,14)15;1-2-3(6)4(7,8)5(9,10)11/h2H2,1H3;3H,2H2,1H3. The summed E-state index contributed by atoms with van der Waals surface area (Å²) in [7, 11) is 0. The van der Waals surface area contributed by atoms with E-state index < -0.39 is 55.1 Å². The molecule has 0 radical (unpaired) electrons. The Labute approximate surface area is 136 Å². The highest BCUT2D eigenvalue weighted by molar-refractivity contribution is 4.97. The van der Waals surface area contributed by atoms with Crippen LogP contribution in [0.4, 0.5) is 65.9 Å². The number of rotatable bonds is 4.